The van der Waals surface area contributed by atoms with Crippen LogP contribution in [-0.4, -0.2) is 28.0 Å². The minimum Gasteiger partial charge on any atom is -0.509 e. The number of nitrogens with one attached hydrogen (secondary N) is 1. The number of nitrogens with zero attached hydrogens (tertiary/aromatic N) is 1. The van der Waals surface area contributed by atoms with E-state index in [1.54, 1.807) is 0 Å². The zero-order valence-electron chi connectivity index (χ0n) is 9.92. The minimum absolute atomic E-state index is 0.0541. The highest BCUT2D eigenvalue weighted by atomic mass is 16.4. The van der Waals surface area contributed by atoms with Gasteiger partial charge in [-0.05, 0) is 18.9 Å². The molecule has 0 saturated carbocycles. The van der Waals surface area contributed by atoms with Crippen LogP contribution in [0.3, 0.4) is 0 Å². The van der Waals surface area contributed by atoms with Crippen molar-refractivity contribution < 1.29 is 15.1 Å². The summed E-state index contributed by atoms with van der Waals surface area (Å²) in [6, 6.07) is 9.07. The van der Waals surface area contributed by atoms with Crippen LogP contribution in [0.15, 0.2) is 46.8 Å². The number of hydrogen-bond acceptors (Lipinski definition) is 4. The molecule has 18 heavy (non-hydrogen) atoms. The van der Waals surface area contributed by atoms with Crippen molar-refractivity contribution in [2.24, 2.45) is 5.16 Å². The first-order chi connectivity index (χ1) is 8.63. The Kier molecular flexibility index (Phi) is 3.32. The molecule has 0 saturated heterocycles. The van der Waals surface area contributed by atoms with E-state index in [1.807, 2.05) is 30.3 Å². The molecule has 1 aromatic rings. The summed E-state index contributed by atoms with van der Waals surface area (Å²) >= 11 is 0. The van der Waals surface area contributed by atoms with Gasteiger partial charge in [0.2, 0.25) is 0 Å². The van der Waals surface area contributed by atoms with Gasteiger partial charge in [-0.2, -0.15) is 0 Å². The summed E-state index contributed by atoms with van der Waals surface area (Å²) in [6.45, 7) is 1.47. The number of aliphatic hydroxyl groups is 1. The molecular weight excluding hydrogens is 232 g/mol. The molecule has 0 bridgehead atoms. The van der Waals surface area contributed by atoms with Gasteiger partial charge in [0.05, 0.1) is 11.8 Å². The number of carbonyl (C=O) groups excluding carboxylic acids is 1. The Morgan fingerprint density at radius 3 is 2.67 bits per heavy atom. The van der Waals surface area contributed by atoms with Crippen molar-refractivity contribution in [2.75, 3.05) is 0 Å². The Bertz CT molecular complexity index is 520. The summed E-state index contributed by atoms with van der Waals surface area (Å²) in [5.74, 6) is -0.483. The predicted octanol–water partition coefficient (Wildman–Crippen LogP) is 1.39. The van der Waals surface area contributed by atoms with Gasteiger partial charge in [-0.1, -0.05) is 35.5 Å². The van der Waals surface area contributed by atoms with Crippen molar-refractivity contribution >= 4 is 11.6 Å². The third-order valence-corrected chi connectivity index (χ3v) is 2.91. The number of oxime groups is 1. The molecule has 0 aliphatic carbocycles. The summed E-state index contributed by atoms with van der Waals surface area (Å²) in [7, 11) is 0. The van der Waals surface area contributed by atoms with E-state index in [9.17, 15) is 9.90 Å². The molecule has 1 unspecified atom stereocenters. The fourth-order valence-electron chi connectivity index (χ4n) is 1.99. The van der Waals surface area contributed by atoms with Crippen LogP contribution in [-0.2, 0) is 11.2 Å². The van der Waals surface area contributed by atoms with Gasteiger partial charge < -0.3 is 15.6 Å². The van der Waals surface area contributed by atoms with Crippen molar-refractivity contribution in [3.05, 3.63) is 47.2 Å². The average Bonchev–Trinajstić information content (AvgIpc) is 2.65. The molecule has 0 fully saturated rings. The SMILES string of the molecule is C/C(=N\O)C1=C(O)C(Cc2ccccc2)NC1=O. The molecule has 1 amide bonds. The van der Waals surface area contributed by atoms with Crippen LogP contribution in [0.5, 0.6) is 0 Å². The molecule has 1 aromatic carbocycles. The summed E-state index contributed by atoms with van der Waals surface area (Å²) in [5, 5.41) is 24.3. The standard InChI is InChI=1S/C13H14N2O3/c1-8(15-18)11-12(16)10(14-13(11)17)7-9-5-3-2-4-6-9/h2-6,10,16,18H,7H2,1H3,(H,14,17)/b15-8+. The van der Waals surface area contributed by atoms with Gasteiger partial charge in [0.25, 0.3) is 5.91 Å². The second kappa shape index (κ2) is 4.91. The van der Waals surface area contributed by atoms with Crippen LogP contribution < -0.4 is 5.32 Å². The Hall–Kier alpha value is -2.30. The lowest BCUT2D eigenvalue weighted by atomic mass is 10.0. The van der Waals surface area contributed by atoms with Crippen molar-refractivity contribution in [2.45, 2.75) is 19.4 Å². The Labute approximate surface area is 104 Å². The van der Waals surface area contributed by atoms with E-state index in [0.29, 0.717) is 6.42 Å². The molecule has 1 aliphatic heterocycles. The minimum atomic E-state index is -0.466. The van der Waals surface area contributed by atoms with Gasteiger partial charge in [-0.25, -0.2) is 0 Å². The van der Waals surface area contributed by atoms with Gasteiger partial charge in [0.15, 0.2) is 0 Å². The Morgan fingerprint density at radius 2 is 2.06 bits per heavy atom. The molecule has 1 heterocycles. The van der Waals surface area contributed by atoms with Crippen LogP contribution in [0, 0.1) is 0 Å². The second-order valence-electron chi connectivity index (χ2n) is 4.16. The number of benzene rings is 1. The third kappa shape index (κ3) is 2.20. The zero-order chi connectivity index (χ0) is 13.1. The van der Waals surface area contributed by atoms with Gasteiger partial charge in [-0.3, -0.25) is 4.79 Å². The first kappa shape index (κ1) is 12.2. The maximum atomic E-state index is 11.7. The number of carbonyl (C=O) groups is 1. The lowest BCUT2D eigenvalue weighted by molar-refractivity contribution is -0.116. The van der Waals surface area contributed by atoms with Gasteiger partial charge >= 0.3 is 0 Å². The van der Waals surface area contributed by atoms with Crippen LogP contribution in [0.4, 0.5) is 0 Å². The molecule has 0 aromatic heterocycles. The summed E-state index contributed by atoms with van der Waals surface area (Å²) in [6.07, 6.45) is 0.501. The molecule has 94 valence electrons. The molecule has 0 radical (unpaired) electrons. The van der Waals surface area contributed by atoms with E-state index in [1.165, 1.54) is 6.92 Å². The maximum absolute atomic E-state index is 11.7. The number of amides is 1. The largest absolute Gasteiger partial charge is 0.509 e. The van der Waals surface area contributed by atoms with Crippen LogP contribution in [0.1, 0.15) is 12.5 Å². The van der Waals surface area contributed by atoms with E-state index >= 15 is 0 Å². The normalized spacial score (nSPS) is 20.2. The van der Waals surface area contributed by atoms with Gasteiger partial charge in [0.1, 0.15) is 11.3 Å². The molecule has 0 spiro atoms. The van der Waals surface area contributed by atoms with Crippen LogP contribution >= 0.6 is 0 Å². The second-order valence-corrected chi connectivity index (χ2v) is 4.16. The van der Waals surface area contributed by atoms with Crippen LogP contribution in [0.25, 0.3) is 0 Å². The number of rotatable bonds is 3. The smallest absolute Gasteiger partial charge is 0.257 e. The predicted molar refractivity (Wildman–Crippen MR) is 66.6 cm³/mol. The number of hydrogen-bond donors (Lipinski definition) is 3. The summed E-state index contributed by atoms with van der Waals surface area (Å²) < 4.78 is 0. The van der Waals surface area contributed by atoms with E-state index in [-0.39, 0.29) is 17.0 Å². The lowest BCUT2D eigenvalue weighted by Crippen LogP contribution is -2.31. The quantitative estimate of drug-likeness (QED) is 0.428. The Morgan fingerprint density at radius 1 is 1.39 bits per heavy atom. The molecule has 2 rings (SSSR count). The summed E-state index contributed by atoms with van der Waals surface area (Å²) in [4.78, 5) is 11.7. The topological polar surface area (TPSA) is 81.9 Å². The zero-order valence-corrected chi connectivity index (χ0v) is 9.92. The molecule has 1 aliphatic rings. The van der Waals surface area contributed by atoms with Crippen molar-refractivity contribution in [3.8, 4) is 0 Å². The molecule has 3 N–H and O–H groups in total. The fourth-order valence-corrected chi connectivity index (χ4v) is 1.99. The first-order valence-electron chi connectivity index (χ1n) is 5.60. The number of aliphatic hydroxyl groups excluding tert-OH is 1. The first-order valence-corrected chi connectivity index (χ1v) is 5.60. The Balaban J connectivity index is 2.23. The molecule has 1 atom stereocenters. The average molecular weight is 246 g/mol. The van der Waals surface area contributed by atoms with Gasteiger partial charge in [-0.15, -0.1) is 0 Å². The highest BCUT2D eigenvalue weighted by Crippen LogP contribution is 2.19. The molecule has 5 nitrogen and oxygen atoms in total. The van der Waals surface area contributed by atoms with E-state index in [0.717, 1.165) is 5.56 Å². The lowest BCUT2D eigenvalue weighted by Gasteiger charge is -2.10. The highest BCUT2D eigenvalue weighted by Gasteiger charge is 2.33. The van der Waals surface area contributed by atoms with Crippen LogP contribution in [0.2, 0.25) is 0 Å². The van der Waals surface area contributed by atoms with Crippen molar-refractivity contribution in [3.63, 3.8) is 0 Å². The fraction of sp³-hybridized carbons (Fsp3) is 0.231. The maximum Gasteiger partial charge on any atom is 0.257 e. The van der Waals surface area contributed by atoms with Crippen molar-refractivity contribution in [1.82, 2.24) is 5.32 Å². The molecule has 5 heteroatoms. The van der Waals surface area contributed by atoms with Crippen molar-refractivity contribution in [1.29, 1.82) is 0 Å². The third-order valence-electron chi connectivity index (χ3n) is 2.91. The van der Waals surface area contributed by atoms with E-state index in [4.69, 9.17) is 5.21 Å². The highest BCUT2D eigenvalue weighted by molar-refractivity contribution is 6.22. The van der Waals surface area contributed by atoms with E-state index in [2.05, 4.69) is 10.5 Å². The summed E-state index contributed by atoms with van der Waals surface area (Å²) in [5.41, 5.74) is 1.17. The van der Waals surface area contributed by atoms with E-state index < -0.39 is 11.9 Å². The molecular formula is C13H14N2O3. The van der Waals surface area contributed by atoms with Gasteiger partial charge in [0, 0.05) is 0 Å². The monoisotopic (exact) mass is 246 g/mol.